The summed E-state index contributed by atoms with van der Waals surface area (Å²) in [7, 11) is 0. The first-order valence-corrected chi connectivity index (χ1v) is 18.0. The Morgan fingerprint density at radius 1 is 0.942 bits per heavy atom. The monoisotopic (exact) mass is 709 g/mol. The number of nitrogens with zero attached hydrogens (tertiary/aromatic N) is 8. The highest BCUT2D eigenvalue weighted by Gasteiger charge is 2.28. The molecule has 3 aromatic heterocycles. The molecule has 1 saturated carbocycles. The lowest BCUT2D eigenvalue weighted by Gasteiger charge is -2.39. The number of likely N-dealkylation sites (tertiary alicyclic amines) is 1. The van der Waals surface area contributed by atoms with Crippen molar-refractivity contribution in [3.05, 3.63) is 80.4 Å². The van der Waals surface area contributed by atoms with Crippen LogP contribution in [0.1, 0.15) is 67.4 Å². The third-order valence-electron chi connectivity index (χ3n) is 10.6. The number of ketones is 1. The number of nitro benzene ring substituents is 1. The summed E-state index contributed by atoms with van der Waals surface area (Å²) in [5.41, 5.74) is 2.08. The molecule has 1 amide bonds. The Morgan fingerprint density at radius 2 is 1.65 bits per heavy atom. The Balaban J connectivity index is 0.908. The molecule has 0 atom stereocenters. The topological polar surface area (TPSA) is 169 Å². The minimum Gasteiger partial charge on any atom is -0.410 e. The Morgan fingerprint density at radius 3 is 2.29 bits per heavy atom. The summed E-state index contributed by atoms with van der Waals surface area (Å²) in [6.07, 6.45) is 8.74. The molecule has 5 heterocycles. The van der Waals surface area contributed by atoms with Gasteiger partial charge in [0.05, 0.1) is 22.4 Å². The number of hydrogen-bond acceptors (Lipinski definition) is 12. The summed E-state index contributed by atoms with van der Waals surface area (Å²) < 4.78 is 7.14. The second-order valence-electron chi connectivity index (χ2n) is 14.0. The standard InChI is InChI=1S/C37H43N9O6/c1-24-31-22-39-36(41-34(31)45(27-5-3-4-6-27)35(48)33(24)25(2)47)40-32-12-9-29(21-38-32)43-19-17-42(18-20-43)23-26-13-15-44(16-14-26)37(49)52-30-10-7-28(8-11-30)46(50)51/h7-12,21-22,26-27H,3-6,13-20,23H2,1-2H3,(H,38,39,40,41). The van der Waals surface area contributed by atoms with E-state index in [2.05, 4.69) is 25.1 Å². The number of amides is 1. The van der Waals surface area contributed by atoms with Crippen LogP contribution in [-0.2, 0) is 0 Å². The molecule has 1 N–H and O–H groups in total. The van der Waals surface area contributed by atoms with E-state index in [-0.39, 0.29) is 28.6 Å². The van der Waals surface area contributed by atoms with Gasteiger partial charge < -0.3 is 19.9 Å². The van der Waals surface area contributed by atoms with E-state index < -0.39 is 11.0 Å². The highest BCUT2D eigenvalue weighted by atomic mass is 16.6. The molecule has 1 aromatic carbocycles. The van der Waals surface area contributed by atoms with E-state index in [0.717, 1.165) is 76.9 Å². The third kappa shape index (κ3) is 7.45. The van der Waals surface area contributed by atoms with Crippen LogP contribution in [0, 0.1) is 23.0 Å². The third-order valence-corrected chi connectivity index (χ3v) is 10.6. The zero-order valence-corrected chi connectivity index (χ0v) is 29.5. The maximum absolute atomic E-state index is 13.5. The van der Waals surface area contributed by atoms with Gasteiger partial charge in [0.25, 0.3) is 11.2 Å². The minimum absolute atomic E-state index is 0.0102. The Labute approximate surface area is 300 Å². The number of nitro groups is 1. The van der Waals surface area contributed by atoms with E-state index >= 15 is 0 Å². The number of carbonyl (C=O) groups excluding carboxylic acids is 2. The zero-order chi connectivity index (χ0) is 36.4. The van der Waals surface area contributed by atoms with E-state index in [1.807, 2.05) is 18.3 Å². The summed E-state index contributed by atoms with van der Waals surface area (Å²) in [4.78, 5) is 69.4. The van der Waals surface area contributed by atoms with Gasteiger partial charge in [-0.3, -0.25) is 29.2 Å². The number of hydrogen-bond donors (Lipinski definition) is 1. The molecule has 0 radical (unpaired) electrons. The summed E-state index contributed by atoms with van der Waals surface area (Å²) >= 11 is 0. The van der Waals surface area contributed by atoms with Crippen molar-refractivity contribution in [1.82, 2.24) is 29.3 Å². The number of aromatic nitrogens is 4. The van der Waals surface area contributed by atoms with Crippen molar-refractivity contribution in [2.24, 2.45) is 5.92 Å². The van der Waals surface area contributed by atoms with Gasteiger partial charge in [0.15, 0.2) is 5.78 Å². The number of ether oxygens (including phenoxy) is 1. The summed E-state index contributed by atoms with van der Waals surface area (Å²) in [5, 5.41) is 14.8. The predicted molar refractivity (Wildman–Crippen MR) is 196 cm³/mol. The lowest BCUT2D eigenvalue weighted by Crippen LogP contribution is -2.49. The lowest BCUT2D eigenvalue weighted by atomic mass is 9.96. The number of benzene rings is 1. The van der Waals surface area contributed by atoms with Gasteiger partial charge in [0.2, 0.25) is 5.95 Å². The number of pyridine rings is 2. The summed E-state index contributed by atoms with van der Waals surface area (Å²) in [6, 6.07) is 9.48. The number of Topliss-reactive ketones (excluding diaryl/α,β-unsaturated/α-hetero) is 1. The molecule has 0 spiro atoms. The number of anilines is 3. The van der Waals surface area contributed by atoms with E-state index in [9.17, 15) is 24.5 Å². The molecule has 3 aliphatic rings. The maximum atomic E-state index is 13.5. The highest BCUT2D eigenvalue weighted by Crippen LogP contribution is 2.32. The first kappa shape index (κ1) is 35.0. The summed E-state index contributed by atoms with van der Waals surface area (Å²) in [6.45, 7) is 9.06. The van der Waals surface area contributed by atoms with Crippen LogP contribution in [0.3, 0.4) is 0 Å². The van der Waals surface area contributed by atoms with Gasteiger partial charge in [0.1, 0.15) is 17.2 Å². The molecular formula is C37H43N9O6. The van der Waals surface area contributed by atoms with E-state index in [1.54, 1.807) is 22.6 Å². The van der Waals surface area contributed by atoms with Crippen molar-refractivity contribution >= 4 is 46.1 Å². The lowest BCUT2D eigenvalue weighted by molar-refractivity contribution is -0.384. The molecule has 15 nitrogen and oxygen atoms in total. The van der Waals surface area contributed by atoms with E-state index in [0.29, 0.717) is 53.1 Å². The number of fused-ring (bicyclic) bond motifs is 1. The second kappa shape index (κ2) is 15.0. The van der Waals surface area contributed by atoms with Crippen molar-refractivity contribution in [3.63, 3.8) is 0 Å². The van der Waals surface area contributed by atoms with Crippen LogP contribution in [0.15, 0.2) is 53.6 Å². The zero-order valence-electron chi connectivity index (χ0n) is 29.5. The Kier molecular flexibility index (Phi) is 10.1. The van der Waals surface area contributed by atoms with Gasteiger partial charge >= 0.3 is 6.09 Å². The van der Waals surface area contributed by atoms with Crippen LogP contribution in [0.25, 0.3) is 11.0 Å². The van der Waals surface area contributed by atoms with Crippen LogP contribution in [0.4, 0.5) is 27.9 Å². The van der Waals surface area contributed by atoms with Crippen LogP contribution in [-0.4, -0.2) is 91.9 Å². The maximum Gasteiger partial charge on any atom is 0.415 e. The predicted octanol–water partition coefficient (Wildman–Crippen LogP) is 5.50. The molecule has 4 aromatic rings. The van der Waals surface area contributed by atoms with E-state index in [4.69, 9.17) is 9.72 Å². The number of piperazine rings is 1. The van der Waals surface area contributed by atoms with Gasteiger partial charge in [-0.15, -0.1) is 0 Å². The second-order valence-corrected chi connectivity index (χ2v) is 14.0. The number of carbonyl (C=O) groups is 2. The van der Waals surface area contributed by atoms with Crippen molar-refractivity contribution in [3.8, 4) is 5.75 Å². The van der Waals surface area contributed by atoms with Crippen LogP contribution in [0.2, 0.25) is 0 Å². The highest BCUT2D eigenvalue weighted by molar-refractivity contribution is 5.99. The Bertz CT molecular complexity index is 2010. The van der Waals surface area contributed by atoms with Gasteiger partial charge in [-0.25, -0.2) is 14.8 Å². The fraction of sp³-hybridized carbons (Fsp3) is 0.459. The van der Waals surface area contributed by atoms with Gasteiger partial charge in [-0.05, 0) is 75.3 Å². The molecule has 1 aliphatic carbocycles. The minimum atomic E-state index is -0.487. The average Bonchev–Trinajstić information content (AvgIpc) is 3.67. The normalized spacial score (nSPS) is 17.4. The number of non-ortho nitro benzene ring substituents is 1. The number of nitrogens with one attached hydrogen (secondary N) is 1. The first-order valence-electron chi connectivity index (χ1n) is 18.0. The molecule has 2 saturated heterocycles. The van der Waals surface area contributed by atoms with Gasteiger partial charge in [0, 0.05) is 75.6 Å². The summed E-state index contributed by atoms with van der Waals surface area (Å²) in [5.74, 6) is 1.48. The smallest absolute Gasteiger partial charge is 0.410 e. The number of piperidine rings is 1. The molecule has 52 heavy (non-hydrogen) atoms. The average molecular weight is 710 g/mol. The van der Waals surface area contributed by atoms with Crippen molar-refractivity contribution < 1.29 is 19.2 Å². The molecular weight excluding hydrogens is 666 g/mol. The molecule has 15 heteroatoms. The van der Waals surface area contributed by atoms with Crippen molar-refractivity contribution in [1.29, 1.82) is 0 Å². The number of aryl methyl sites for hydroxylation is 1. The first-order chi connectivity index (χ1) is 25.1. The van der Waals surface area contributed by atoms with Crippen LogP contribution >= 0.6 is 0 Å². The SMILES string of the molecule is CC(=O)c1c(C)c2cnc(Nc3ccc(N4CCN(CC5CCN(C(=O)Oc6ccc([N+](=O)[O-])cc6)CC5)CC4)cn3)nc2n(C2CCCC2)c1=O. The number of rotatable bonds is 9. The van der Waals surface area contributed by atoms with E-state index in [1.165, 1.54) is 31.2 Å². The molecule has 3 fully saturated rings. The Hall–Kier alpha value is -5.44. The van der Waals surface area contributed by atoms with Gasteiger partial charge in [-0.2, -0.15) is 4.98 Å². The molecule has 272 valence electrons. The largest absolute Gasteiger partial charge is 0.415 e. The molecule has 2 aliphatic heterocycles. The van der Waals surface area contributed by atoms with Gasteiger partial charge in [-0.1, -0.05) is 12.8 Å². The fourth-order valence-corrected chi connectivity index (χ4v) is 7.72. The van der Waals surface area contributed by atoms with Crippen molar-refractivity contribution in [2.45, 2.75) is 58.4 Å². The molecule has 7 rings (SSSR count). The fourth-order valence-electron chi connectivity index (χ4n) is 7.72. The van der Waals surface area contributed by atoms with Crippen molar-refractivity contribution in [2.75, 3.05) is 56.0 Å². The van der Waals surface area contributed by atoms with Crippen LogP contribution < -0.4 is 20.5 Å². The van der Waals surface area contributed by atoms with Crippen LogP contribution in [0.5, 0.6) is 5.75 Å². The quantitative estimate of drug-likeness (QED) is 0.132. The molecule has 0 unspecified atom stereocenters. The molecule has 0 bridgehead atoms.